The number of rotatable bonds is 8. The molecule has 262 valence electrons. The molecule has 0 aliphatic heterocycles. The molecule has 8 rings (SSSR count). The van der Waals surface area contributed by atoms with E-state index in [0.717, 1.165) is 66.6 Å². The van der Waals surface area contributed by atoms with Gasteiger partial charge in [0.2, 0.25) is 0 Å². The molecule has 0 saturated heterocycles. The predicted molar refractivity (Wildman–Crippen MR) is 228 cm³/mol. The number of fused-ring (bicyclic) bond motifs is 1. The third-order valence-corrected chi connectivity index (χ3v) is 11.4. The summed E-state index contributed by atoms with van der Waals surface area (Å²) in [5, 5.41) is 2.41. The summed E-state index contributed by atoms with van der Waals surface area (Å²) in [4.78, 5) is 10.3. The van der Waals surface area contributed by atoms with Crippen LogP contribution in [-0.2, 0) is 5.41 Å². The summed E-state index contributed by atoms with van der Waals surface area (Å²) in [6.45, 7) is 6.55. The van der Waals surface area contributed by atoms with Crippen LogP contribution in [0.1, 0.15) is 92.5 Å². The minimum absolute atomic E-state index is 0.00624. The third kappa shape index (κ3) is 7.37. The lowest BCUT2D eigenvalue weighted by molar-refractivity contribution is 0.346. The molecule has 1 saturated carbocycles. The highest BCUT2D eigenvalue weighted by Gasteiger charge is 2.35. The SMILES string of the molecule is C=C(N=C(N=C(C)c1cccc2ccccc12)C1=CCCC=C1)c1ccc(C2(c3ccc(-c4ccc(C5=CCCC=C5)cc4)cc3)CCCCC2)cc1. The van der Waals surface area contributed by atoms with Gasteiger partial charge in [-0.3, -0.25) is 0 Å². The Morgan fingerprint density at radius 2 is 1.21 bits per heavy atom. The molecule has 2 heteroatoms. The second kappa shape index (κ2) is 15.6. The molecule has 3 aliphatic carbocycles. The Morgan fingerprint density at radius 3 is 1.89 bits per heavy atom. The Labute approximate surface area is 315 Å². The van der Waals surface area contributed by atoms with Crippen LogP contribution in [0.3, 0.4) is 0 Å². The molecule has 0 radical (unpaired) electrons. The molecule has 0 atom stereocenters. The molecule has 0 unspecified atom stereocenters. The van der Waals surface area contributed by atoms with Crippen molar-refractivity contribution in [3.05, 3.63) is 192 Å². The number of nitrogens with zero attached hydrogens (tertiary/aromatic N) is 2. The van der Waals surface area contributed by atoms with Gasteiger partial charge in [0, 0.05) is 22.3 Å². The molecule has 0 bridgehead atoms. The Morgan fingerprint density at radius 1 is 0.585 bits per heavy atom. The van der Waals surface area contributed by atoms with Gasteiger partial charge in [0.1, 0.15) is 0 Å². The van der Waals surface area contributed by atoms with Crippen LogP contribution in [0.5, 0.6) is 0 Å². The molecule has 0 amide bonds. The number of benzene rings is 5. The van der Waals surface area contributed by atoms with E-state index in [1.54, 1.807) is 0 Å². The van der Waals surface area contributed by atoms with Crippen LogP contribution in [0.25, 0.3) is 33.2 Å². The van der Waals surface area contributed by atoms with E-state index in [1.165, 1.54) is 63.4 Å². The fourth-order valence-electron chi connectivity index (χ4n) is 8.43. The van der Waals surface area contributed by atoms with Crippen molar-refractivity contribution in [3.8, 4) is 11.1 Å². The molecule has 0 spiro atoms. The highest BCUT2D eigenvalue weighted by molar-refractivity contribution is 6.17. The predicted octanol–water partition coefficient (Wildman–Crippen LogP) is 13.6. The van der Waals surface area contributed by atoms with E-state index in [1.807, 2.05) is 0 Å². The molecule has 1 fully saturated rings. The van der Waals surface area contributed by atoms with Crippen LogP contribution in [-0.4, -0.2) is 11.5 Å². The number of allylic oxidation sites excluding steroid dienone is 6. The molecule has 5 aromatic carbocycles. The minimum Gasteiger partial charge on any atom is -0.233 e. The van der Waals surface area contributed by atoms with Gasteiger partial charge < -0.3 is 0 Å². The van der Waals surface area contributed by atoms with Gasteiger partial charge in [-0.2, -0.15) is 0 Å². The van der Waals surface area contributed by atoms with Crippen molar-refractivity contribution >= 4 is 33.6 Å². The maximum Gasteiger partial charge on any atom is 0.159 e. The molecule has 5 aromatic rings. The van der Waals surface area contributed by atoms with Crippen LogP contribution in [0.15, 0.2) is 174 Å². The molecule has 53 heavy (non-hydrogen) atoms. The molecule has 0 heterocycles. The zero-order valence-electron chi connectivity index (χ0n) is 30.9. The largest absolute Gasteiger partial charge is 0.233 e. The maximum atomic E-state index is 5.16. The third-order valence-electron chi connectivity index (χ3n) is 11.4. The van der Waals surface area contributed by atoms with Gasteiger partial charge in [-0.15, -0.1) is 0 Å². The molecular formula is C51H48N2. The van der Waals surface area contributed by atoms with Crippen LogP contribution >= 0.6 is 0 Å². The Hall–Kier alpha value is -5.60. The standard InChI is InChI=1S/C51H48N2/c1-37(52-50(45-18-8-4-9-19-45)53-38(2)48-22-14-20-44-17-10-11-21-49(44)48)39-27-31-46(32-28-39)51(35-12-5-13-36-51)47-33-29-43(30-34-47)42-25-23-41(24-26-42)40-15-6-3-7-16-40/h6,8,10-11,14-34H,1,3-5,7,9,12-13,35-36H2,2H3. The highest BCUT2D eigenvalue weighted by Crippen LogP contribution is 2.45. The molecule has 0 N–H and O–H groups in total. The van der Waals surface area contributed by atoms with Crippen molar-refractivity contribution in [2.45, 2.75) is 70.1 Å². The van der Waals surface area contributed by atoms with Gasteiger partial charge in [0.15, 0.2) is 5.84 Å². The lowest BCUT2D eigenvalue weighted by atomic mass is 9.65. The van der Waals surface area contributed by atoms with Crippen molar-refractivity contribution < 1.29 is 0 Å². The first-order valence-corrected chi connectivity index (χ1v) is 19.4. The first-order chi connectivity index (χ1) is 26.1. The fraction of sp³-hybridized carbons (Fsp3) is 0.216. The first-order valence-electron chi connectivity index (χ1n) is 19.4. The van der Waals surface area contributed by atoms with Gasteiger partial charge in [-0.05, 0) is 95.2 Å². The Bertz CT molecular complexity index is 2290. The summed E-state index contributed by atoms with van der Waals surface area (Å²) in [6.07, 6.45) is 23.9. The second-order valence-corrected chi connectivity index (χ2v) is 14.8. The summed E-state index contributed by atoms with van der Waals surface area (Å²) in [6, 6.07) is 42.4. The first kappa shape index (κ1) is 34.5. The van der Waals surface area contributed by atoms with Crippen molar-refractivity contribution in [1.82, 2.24) is 0 Å². The van der Waals surface area contributed by atoms with Crippen molar-refractivity contribution in [3.63, 3.8) is 0 Å². The van der Waals surface area contributed by atoms with Crippen molar-refractivity contribution in [2.24, 2.45) is 9.98 Å². The molecular weight excluding hydrogens is 641 g/mol. The monoisotopic (exact) mass is 688 g/mol. The number of hydrogen-bond acceptors (Lipinski definition) is 1. The van der Waals surface area contributed by atoms with E-state index >= 15 is 0 Å². The van der Waals surface area contributed by atoms with E-state index < -0.39 is 0 Å². The maximum absolute atomic E-state index is 5.16. The Balaban J connectivity index is 1.06. The lowest BCUT2D eigenvalue weighted by Gasteiger charge is -2.39. The number of hydrogen-bond donors (Lipinski definition) is 0. The van der Waals surface area contributed by atoms with Gasteiger partial charge in [0.05, 0.1) is 5.70 Å². The van der Waals surface area contributed by atoms with Gasteiger partial charge in [0.25, 0.3) is 0 Å². The average molecular weight is 689 g/mol. The van der Waals surface area contributed by atoms with Crippen LogP contribution in [0.4, 0.5) is 0 Å². The van der Waals surface area contributed by atoms with Gasteiger partial charge >= 0.3 is 0 Å². The van der Waals surface area contributed by atoms with Crippen LogP contribution in [0, 0.1) is 0 Å². The summed E-state index contributed by atoms with van der Waals surface area (Å²) in [7, 11) is 0. The Kier molecular flexibility index (Phi) is 10.1. The normalized spacial score (nSPS) is 17.4. The highest BCUT2D eigenvalue weighted by atomic mass is 14.9. The molecule has 0 aromatic heterocycles. The quantitative estimate of drug-likeness (QED) is 0.115. The van der Waals surface area contributed by atoms with Crippen LogP contribution < -0.4 is 0 Å². The summed E-state index contributed by atoms with van der Waals surface area (Å²) < 4.78 is 0. The summed E-state index contributed by atoms with van der Waals surface area (Å²) in [5.41, 5.74) is 12.8. The number of aliphatic imine (C=N–C) groups is 2. The van der Waals surface area contributed by atoms with Crippen molar-refractivity contribution in [2.75, 3.05) is 0 Å². The van der Waals surface area contributed by atoms with E-state index in [9.17, 15) is 0 Å². The number of amidine groups is 1. The summed E-state index contributed by atoms with van der Waals surface area (Å²) >= 11 is 0. The summed E-state index contributed by atoms with van der Waals surface area (Å²) in [5.74, 6) is 0.710. The topological polar surface area (TPSA) is 24.7 Å². The lowest BCUT2D eigenvalue weighted by Crippen LogP contribution is -2.30. The average Bonchev–Trinajstić information content (AvgIpc) is 3.24. The zero-order valence-corrected chi connectivity index (χ0v) is 30.9. The minimum atomic E-state index is 0.00624. The van der Waals surface area contributed by atoms with Crippen LogP contribution in [0.2, 0.25) is 0 Å². The van der Waals surface area contributed by atoms with E-state index in [2.05, 4.69) is 165 Å². The van der Waals surface area contributed by atoms with Crippen molar-refractivity contribution in [1.29, 1.82) is 0 Å². The smallest absolute Gasteiger partial charge is 0.159 e. The molecule has 3 aliphatic rings. The zero-order chi connectivity index (χ0) is 36.0. The second-order valence-electron chi connectivity index (χ2n) is 14.8. The molecule has 2 nitrogen and oxygen atoms in total. The fourth-order valence-corrected chi connectivity index (χ4v) is 8.43. The van der Waals surface area contributed by atoms with Gasteiger partial charge in [-0.25, -0.2) is 9.98 Å². The van der Waals surface area contributed by atoms with E-state index in [0.29, 0.717) is 5.84 Å². The van der Waals surface area contributed by atoms with E-state index in [4.69, 9.17) is 9.98 Å². The van der Waals surface area contributed by atoms with E-state index in [-0.39, 0.29) is 5.41 Å². The van der Waals surface area contributed by atoms with Gasteiger partial charge in [-0.1, -0.05) is 178 Å².